The molecule has 37 heavy (non-hydrogen) atoms. The topological polar surface area (TPSA) is 35.5 Å². The van der Waals surface area contributed by atoms with Crippen molar-refractivity contribution in [1.29, 1.82) is 0 Å². The van der Waals surface area contributed by atoms with Gasteiger partial charge in [-0.3, -0.25) is 0 Å². The maximum Gasteiger partial charge on any atom is 0.338 e. The lowest BCUT2D eigenvalue weighted by Gasteiger charge is -2.16. The predicted molar refractivity (Wildman–Crippen MR) is 144 cm³/mol. The van der Waals surface area contributed by atoms with Crippen LogP contribution in [0.1, 0.15) is 21.5 Å². The Kier molecular flexibility index (Phi) is 7.37. The van der Waals surface area contributed by atoms with Crippen molar-refractivity contribution in [3.63, 3.8) is 0 Å². The van der Waals surface area contributed by atoms with Crippen LogP contribution < -0.4 is 4.74 Å². The molecule has 4 heteroatoms. The van der Waals surface area contributed by atoms with Crippen molar-refractivity contribution in [2.24, 2.45) is 0 Å². The lowest BCUT2D eigenvalue weighted by atomic mass is 9.93. The molecule has 0 radical (unpaired) electrons. The molecular weight excluding hydrogens is 463 g/mol. The normalized spacial score (nSPS) is 10.6. The van der Waals surface area contributed by atoms with Gasteiger partial charge in [0.1, 0.15) is 24.8 Å². The summed E-state index contributed by atoms with van der Waals surface area (Å²) in [4.78, 5) is 12.8. The summed E-state index contributed by atoms with van der Waals surface area (Å²) < 4.78 is 26.0. The molecule has 0 amide bonds. The van der Waals surface area contributed by atoms with Gasteiger partial charge in [0.2, 0.25) is 0 Å². The fourth-order valence-electron chi connectivity index (χ4n) is 4.16. The largest absolute Gasteiger partial charge is 0.488 e. The molecule has 0 aromatic heterocycles. The molecule has 0 aliphatic rings. The maximum absolute atomic E-state index is 14.4. The van der Waals surface area contributed by atoms with E-state index in [1.807, 2.05) is 97.1 Å². The second-order valence-corrected chi connectivity index (χ2v) is 8.60. The van der Waals surface area contributed by atoms with Crippen molar-refractivity contribution in [2.45, 2.75) is 13.2 Å². The average molecular weight is 489 g/mol. The third-order valence-electron chi connectivity index (χ3n) is 6.02. The fourth-order valence-corrected chi connectivity index (χ4v) is 4.16. The van der Waals surface area contributed by atoms with E-state index in [0.717, 1.165) is 27.8 Å². The third kappa shape index (κ3) is 5.93. The molecule has 3 nitrogen and oxygen atoms in total. The van der Waals surface area contributed by atoms with Gasteiger partial charge in [0.15, 0.2) is 0 Å². The Balaban J connectivity index is 1.44. The summed E-state index contributed by atoms with van der Waals surface area (Å²) in [6.07, 6.45) is 0. The van der Waals surface area contributed by atoms with Crippen LogP contribution in [0.15, 0.2) is 127 Å². The highest BCUT2D eigenvalue weighted by Gasteiger charge is 2.15. The summed E-state index contributed by atoms with van der Waals surface area (Å²) in [7, 11) is 0. The standard InChI is InChI=1S/C33H25FO3/c34-28-18-19-32(36-22-24-10-3-1-4-11-24)31(21-28)30-17-8-7-16-29(30)26-14-9-15-27(20-26)33(35)37-23-25-12-5-2-6-13-25/h1-21H,22-23H2. The van der Waals surface area contributed by atoms with Crippen molar-refractivity contribution >= 4 is 5.97 Å². The van der Waals surface area contributed by atoms with Crippen LogP contribution in [-0.4, -0.2) is 5.97 Å². The van der Waals surface area contributed by atoms with E-state index in [9.17, 15) is 9.18 Å². The van der Waals surface area contributed by atoms with Crippen LogP contribution in [0.2, 0.25) is 0 Å². The first-order valence-corrected chi connectivity index (χ1v) is 12.0. The minimum absolute atomic E-state index is 0.200. The Morgan fingerprint density at radius 3 is 1.97 bits per heavy atom. The van der Waals surface area contributed by atoms with Gasteiger partial charge in [-0.1, -0.05) is 97.1 Å². The summed E-state index contributed by atoms with van der Waals surface area (Å²) in [6.45, 7) is 0.566. The lowest BCUT2D eigenvalue weighted by Crippen LogP contribution is -2.05. The average Bonchev–Trinajstić information content (AvgIpc) is 2.96. The van der Waals surface area contributed by atoms with Crippen molar-refractivity contribution in [2.75, 3.05) is 0 Å². The van der Waals surface area contributed by atoms with Gasteiger partial charge in [-0.15, -0.1) is 0 Å². The molecule has 0 unspecified atom stereocenters. The Morgan fingerprint density at radius 1 is 0.595 bits per heavy atom. The van der Waals surface area contributed by atoms with Crippen molar-refractivity contribution < 1.29 is 18.7 Å². The van der Waals surface area contributed by atoms with Crippen LogP contribution in [0.25, 0.3) is 22.3 Å². The summed E-state index contributed by atoms with van der Waals surface area (Å²) in [5.41, 5.74) is 5.52. The van der Waals surface area contributed by atoms with Gasteiger partial charge in [-0.2, -0.15) is 0 Å². The number of hydrogen-bond acceptors (Lipinski definition) is 3. The van der Waals surface area contributed by atoms with Gasteiger partial charge in [-0.25, -0.2) is 9.18 Å². The molecule has 5 rings (SSSR count). The third-order valence-corrected chi connectivity index (χ3v) is 6.02. The summed E-state index contributed by atoms with van der Waals surface area (Å²) in [5, 5.41) is 0. The highest BCUT2D eigenvalue weighted by molar-refractivity contribution is 5.93. The van der Waals surface area contributed by atoms with Crippen LogP contribution in [0.4, 0.5) is 4.39 Å². The molecule has 5 aromatic carbocycles. The molecule has 182 valence electrons. The number of rotatable bonds is 8. The quantitative estimate of drug-likeness (QED) is 0.207. The van der Waals surface area contributed by atoms with Crippen molar-refractivity contribution in [3.8, 4) is 28.0 Å². The van der Waals surface area contributed by atoms with Crippen LogP contribution >= 0.6 is 0 Å². The first kappa shape index (κ1) is 24.0. The van der Waals surface area contributed by atoms with Crippen LogP contribution in [-0.2, 0) is 18.0 Å². The molecule has 0 aliphatic heterocycles. The van der Waals surface area contributed by atoms with Crippen molar-refractivity contribution in [3.05, 3.63) is 150 Å². The van der Waals surface area contributed by atoms with Gasteiger partial charge in [0, 0.05) is 5.56 Å². The number of hydrogen-bond donors (Lipinski definition) is 0. The summed E-state index contributed by atoms with van der Waals surface area (Å²) >= 11 is 0. The molecule has 0 spiro atoms. The Bertz CT molecular complexity index is 1500. The maximum atomic E-state index is 14.4. The van der Waals surface area contributed by atoms with Crippen molar-refractivity contribution in [1.82, 2.24) is 0 Å². The van der Waals surface area contributed by atoms with Crippen LogP contribution in [0.3, 0.4) is 0 Å². The number of ether oxygens (including phenoxy) is 2. The minimum Gasteiger partial charge on any atom is -0.488 e. The fraction of sp³-hybridized carbons (Fsp3) is 0.0606. The second-order valence-electron chi connectivity index (χ2n) is 8.60. The Hall–Kier alpha value is -4.70. The van der Waals surface area contributed by atoms with E-state index in [-0.39, 0.29) is 12.4 Å². The first-order chi connectivity index (χ1) is 18.2. The summed E-state index contributed by atoms with van der Waals surface area (Å²) in [6, 6.07) is 38.9. The van der Waals surface area contributed by atoms with Gasteiger partial charge in [0.25, 0.3) is 0 Å². The Morgan fingerprint density at radius 2 is 1.24 bits per heavy atom. The minimum atomic E-state index is -0.402. The van der Waals surface area contributed by atoms with E-state index in [1.165, 1.54) is 12.1 Å². The zero-order chi connectivity index (χ0) is 25.5. The molecular formula is C33H25FO3. The van der Waals surface area contributed by atoms with E-state index >= 15 is 0 Å². The number of esters is 1. The molecule has 0 aliphatic carbocycles. The van der Waals surface area contributed by atoms with Gasteiger partial charge >= 0.3 is 5.97 Å². The van der Waals surface area contributed by atoms with E-state index in [1.54, 1.807) is 18.2 Å². The van der Waals surface area contributed by atoms with Gasteiger partial charge in [-0.05, 0) is 58.1 Å². The van der Waals surface area contributed by atoms with E-state index in [4.69, 9.17) is 9.47 Å². The molecule has 0 fully saturated rings. The first-order valence-electron chi connectivity index (χ1n) is 12.0. The number of benzene rings is 5. The van der Waals surface area contributed by atoms with E-state index < -0.39 is 5.97 Å². The Labute approximate surface area is 215 Å². The number of carbonyl (C=O) groups is 1. The molecule has 0 heterocycles. The highest BCUT2D eigenvalue weighted by Crippen LogP contribution is 2.38. The van der Waals surface area contributed by atoms with Gasteiger partial charge < -0.3 is 9.47 Å². The SMILES string of the molecule is O=C(OCc1ccccc1)c1cccc(-c2ccccc2-c2cc(F)ccc2OCc2ccccc2)c1. The zero-order valence-electron chi connectivity index (χ0n) is 20.1. The molecule has 0 saturated heterocycles. The molecule has 0 bridgehead atoms. The molecule has 5 aromatic rings. The number of carbonyl (C=O) groups excluding carboxylic acids is 1. The van der Waals surface area contributed by atoms with Crippen LogP contribution in [0, 0.1) is 5.82 Å². The lowest BCUT2D eigenvalue weighted by molar-refractivity contribution is 0.0473. The molecule has 0 N–H and O–H groups in total. The summed E-state index contributed by atoms with van der Waals surface area (Å²) in [5.74, 6) is -0.174. The monoisotopic (exact) mass is 488 g/mol. The molecule has 0 atom stereocenters. The smallest absolute Gasteiger partial charge is 0.338 e. The molecule has 0 saturated carbocycles. The highest BCUT2D eigenvalue weighted by atomic mass is 19.1. The number of halogens is 1. The van der Waals surface area contributed by atoms with E-state index in [0.29, 0.717) is 23.5 Å². The van der Waals surface area contributed by atoms with Gasteiger partial charge in [0.05, 0.1) is 5.56 Å². The van der Waals surface area contributed by atoms with E-state index in [2.05, 4.69) is 0 Å². The zero-order valence-corrected chi connectivity index (χ0v) is 20.1. The second kappa shape index (κ2) is 11.4. The predicted octanol–water partition coefficient (Wildman–Crippen LogP) is 8.10. The van der Waals surface area contributed by atoms with Crippen LogP contribution in [0.5, 0.6) is 5.75 Å².